The highest BCUT2D eigenvalue weighted by atomic mass is 16.4. The van der Waals surface area contributed by atoms with Gasteiger partial charge in [0.05, 0.1) is 5.56 Å². The Hall–Kier alpha value is -2.69. The topological polar surface area (TPSA) is 70.5 Å². The van der Waals surface area contributed by atoms with Crippen LogP contribution < -0.4 is 4.90 Å². The van der Waals surface area contributed by atoms with Crippen LogP contribution in [0.25, 0.3) is 0 Å². The molecule has 1 aromatic carbocycles. The number of carbonyl (C=O) groups is 2. The number of aromatic nitrogens is 1. The SMILES string of the molecule is CCN(C(=O)c1ccc(C(=O)O)nc1)c1ccccc1. The molecule has 0 unspecified atom stereocenters. The van der Waals surface area contributed by atoms with Crippen LogP contribution in [-0.2, 0) is 0 Å². The van der Waals surface area contributed by atoms with Crippen LogP contribution in [0.1, 0.15) is 27.8 Å². The molecule has 0 saturated carbocycles. The van der Waals surface area contributed by atoms with Gasteiger partial charge in [0.2, 0.25) is 0 Å². The molecule has 0 saturated heterocycles. The van der Waals surface area contributed by atoms with Crippen molar-refractivity contribution >= 4 is 17.6 Å². The zero-order valence-corrected chi connectivity index (χ0v) is 11.0. The van der Waals surface area contributed by atoms with E-state index in [1.54, 1.807) is 4.90 Å². The molecule has 0 fully saturated rings. The molecule has 0 spiro atoms. The summed E-state index contributed by atoms with van der Waals surface area (Å²) >= 11 is 0. The number of hydrogen-bond acceptors (Lipinski definition) is 3. The maximum Gasteiger partial charge on any atom is 0.354 e. The Balaban J connectivity index is 2.27. The summed E-state index contributed by atoms with van der Waals surface area (Å²) in [5.41, 5.74) is 1.08. The second-order valence-corrected chi connectivity index (χ2v) is 4.12. The smallest absolute Gasteiger partial charge is 0.354 e. The van der Waals surface area contributed by atoms with E-state index < -0.39 is 5.97 Å². The van der Waals surface area contributed by atoms with Crippen molar-refractivity contribution in [2.75, 3.05) is 11.4 Å². The number of rotatable bonds is 4. The number of pyridine rings is 1. The summed E-state index contributed by atoms with van der Waals surface area (Å²) < 4.78 is 0. The van der Waals surface area contributed by atoms with Crippen molar-refractivity contribution in [1.29, 1.82) is 0 Å². The van der Waals surface area contributed by atoms with E-state index in [1.807, 2.05) is 37.3 Å². The molecular weight excluding hydrogens is 256 g/mol. The number of para-hydroxylation sites is 1. The monoisotopic (exact) mass is 270 g/mol. The number of carbonyl (C=O) groups excluding carboxylic acids is 1. The lowest BCUT2D eigenvalue weighted by atomic mass is 10.2. The molecule has 1 amide bonds. The first-order valence-electron chi connectivity index (χ1n) is 6.19. The highest BCUT2D eigenvalue weighted by Crippen LogP contribution is 2.16. The summed E-state index contributed by atoms with van der Waals surface area (Å²) in [7, 11) is 0. The molecule has 2 rings (SSSR count). The summed E-state index contributed by atoms with van der Waals surface area (Å²) in [4.78, 5) is 28.5. The number of nitrogens with zero attached hydrogens (tertiary/aromatic N) is 2. The molecule has 1 N–H and O–H groups in total. The first-order valence-corrected chi connectivity index (χ1v) is 6.19. The molecule has 1 heterocycles. The summed E-state index contributed by atoms with van der Waals surface area (Å²) in [6.07, 6.45) is 1.29. The third-order valence-electron chi connectivity index (χ3n) is 2.86. The standard InChI is InChI=1S/C15H14N2O3/c1-2-17(12-6-4-3-5-7-12)14(18)11-8-9-13(15(19)20)16-10-11/h3-10H,2H2,1H3,(H,19,20). The summed E-state index contributed by atoms with van der Waals surface area (Å²) in [6, 6.07) is 12.1. The molecule has 0 aliphatic heterocycles. The Labute approximate surface area is 116 Å². The third kappa shape index (κ3) is 2.83. The minimum atomic E-state index is -1.11. The Morgan fingerprint density at radius 1 is 1.15 bits per heavy atom. The van der Waals surface area contributed by atoms with Crippen molar-refractivity contribution in [3.63, 3.8) is 0 Å². The largest absolute Gasteiger partial charge is 0.477 e. The van der Waals surface area contributed by atoms with E-state index in [2.05, 4.69) is 4.98 Å². The number of aromatic carboxylic acids is 1. The van der Waals surface area contributed by atoms with Gasteiger partial charge in [-0.25, -0.2) is 9.78 Å². The van der Waals surface area contributed by atoms with Gasteiger partial charge in [-0.05, 0) is 31.2 Å². The van der Waals surface area contributed by atoms with Crippen molar-refractivity contribution in [3.8, 4) is 0 Å². The Kier molecular flexibility index (Phi) is 4.10. The summed E-state index contributed by atoms with van der Waals surface area (Å²) in [6.45, 7) is 2.40. The fourth-order valence-electron chi connectivity index (χ4n) is 1.85. The molecule has 0 aliphatic carbocycles. The molecule has 20 heavy (non-hydrogen) atoms. The van der Waals surface area contributed by atoms with Crippen LogP contribution in [0.2, 0.25) is 0 Å². The molecule has 1 aromatic heterocycles. The number of carboxylic acids is 1. The maximum atomic E-state index is 12.4. The number of carboxylic acid groups (broad SMARTS) is 1. The van der Waals surface area contributed by atoms with E-state index in [4.69, 9.17) is 5.11 Å². The average Bonchev–Trinajstić information content (AvgIpc) is 2.49. The van der Waals surface area contributed by atoms with Gasteiger partial charge in [0.1, 0.15) is 5.69 Å². The minimum absolute atomic E-state index is 0.0793. The lowest BCUT2D eigenvalue weighted by Crippen LogP contribution is -2.30. The van der Waals surface area contributed by atoms with Gasteiger partial charge in [0.15, 0.2) is 0 Å². The van der Waals surface area contributed by atoms with Gasteiger partial charge in [-0.1, -0.05) is 18.2 Å². The van der Waals surface area contributed by atoms with Gasteiger partial charge >= 0.3 is 5.97 Å². The molecule has 2 aromatic rings. The Bertz CT molecular complexity index is 609. The second-order valence-electron chi connectivity index (χ2n) is 4.12. The van der Waals surface area contributed by atoms with E-state index in [9.17, 15) is 9.59 Å². The second kappa shape index (κ2) is 5.97. The van der Waals surface area contributed by atoms with Crippen LogP contribution >= 0.6 is 0 Å². The first kappa shape index (κ1) is 13.7. The van der Waals surface area contributed by atoms with E-state index in [0.717, 1.165) is 5.69 Å². The lowest BCUT2D eigenvalue weighted by Gasteiger charge is -2.20. The van der Waals surface area contributed by atoms with Crippen LogP contribution in [0.5, 0.6) is 0 Å². The molecular formula is C15H14N2O3. The van der Waals surface area contributed by atoms with Gasteiger partial charge < -0.3 is 10.0 Å². The molecule has 0 bridgehead atoms. The van der Waals surface area contributed by atoms with Gasteiger partial charge in [-0.3, -0.25) is 4.79 Å². The Morgan fingerprint density at radius 2 is 1.85 bits per heavy atom. The predicted molar refractivity (Wildman–Crippen MR) is 75.0 cm³/mol. The summed E-state index contributed by atoms with van der Waals surface area (Å²) in [5, 5.41) is 8.79. The number of benzene rings is 1. The van der Waals surface area contributed by atoms with Crippen molar-refractivity contribution in [3.05, 3.63) is 59.9 Å². The highest BCUT2D eigenvalue weighted by molar-refractivity contribution is 6.06. The first-order chi connectivity index (χ1) is 9.63. The highest BCUT2D eigenvalue weighted by Gasteiger charge is 2.16. The number of hydrogen-bond donors (Lipinski definition) is 1. The normalized spacial score (nSPS) is 10.1. The maximum absolute atomic E-state index is 12.4. The molecule has 102 valence electrons. The van der Waals surface area contributed by atoms with Crippen LogP contribution in [0.4, 0.5) is 5.69 Å². The number of amides is 1. The lowest BCUT2D eigenvalue weighted by molar-refractivity contribution is 0.0690. The zero-order chi connectivity index (χ0) is 14.5. The molecule has 0 atom stereocenters. The zero-order valence-electron chi connectivity index (χ0n) is 11.0. The van der Waals surface area contributed by atoms with Gasteiger partial charge in [-0.15, -0.1) is 0 Å². The fourth-order valence-corrected chi connectivity index (χ4v) is 1.85. The number of anilines is 1. The molecule has 0 aliphatic rings. The van der Waals surface area contributed by atoms with Gasteiger partial charge in [0.25, 0.3) is 5.91 Å². The average molecular weight is 270 g/mol. The van der Waals surface area contributed by atoms with Crippen LogP contribution in [-0.4, -0.2) is 28.5 Å². The quantitative estimate of drug-likeness (QED) is 0.926. The van der Waals surface area contributed by atoms with Crippen molar-refractivity contribution < 1.29 is 14.7 Å². The minimum Gasteiger partial charge on any atom is -0.477 e. The predicted octanol–water partition coefficient (Wildman–Crippen LogP) is 2.45. The van der Waals surface area contributed by atoms with Crippen molar-refractivity contribution in [2.24, 2.45) is 0 Å². The van der Waals surface area contributed by atoms with Crippen LogP contribution in [0.3, 0.4) is 0 Å². The van der Waals surface area contributed by atoms with Gasteiger partial charge in [0, 0.05) is 18.4 Å². The van der Waals surface area contributed by atoms with Crippen LogP contribution in [0.15, 0.2) is 48.7 Å². The van der Waals surface area contributed by atoms with Crippen molar-refractivity contribution in [1.82, 2.24) is 4.98 Å². The van der Waals surface area contributed by atoms with Crippen molar-refractivity contribution in [2.45, 2.75) is 6.92 Å². The summed E-state index contributed by atoms with van der Waals surface area (Å²) in [5.74, 6) is -1.32. The van der Waals surface area contributed by atoms with E-state index >= 15 is 0 Å². The van der Waals surface area contributed by atoms with Gasteiger partial charge in [-0.2, -0.15) is 0 Å². The molecule has 5 heteroatoms. The molecule has 0 radical (unpaired) electrons. The fraction of sp³-hybridized carbons (Fsp3) is 0.133. The Morgan fingerprint density at radius 3 is 2.35 bits per heavy atom. The molecule has 5 nitrogen and oxygen atoms in total. The van der Waals surface area contributed by atoms with E-state index in [-0.39, 0.29) is 11.6 Å². The third-order valence-corrected chi connectivity index (χ3v) is 2.86. The van der Waals surface area contributed by atoms with E-state index in [1.165, 1.54) is 18.3 Å². The van der Waals surface area contributed by atoms with Crippen LogP contribution in [0, 0.1) is 0 Å². The van der Waals surface area contributed by atoms with E-state index in [0.29, 0.717) is 12.1 Å².